The molecule has 2 aromatic carbocycles. The van der Waals surface area contributed by atoms with Crippen LogP contribution >= 0.6 is 0 Å². The lowest BCUT2D eigenvalue weighted by Crippen LogP contribution is -2.49. The molecule has 4 nitrogen and oxygen atoms in total. The van der Waals surface area contributed by atoms with E-state index in [0.717, 1.165) is 67.6 Å². The number of fused-ring (bicyclic) bond motifs is 2. The fourth-order valence-corrected chi connectivity index (χ4v) is 4.76. The van der Waals surface area contributed by atoms with E-state index in [0.29, 0.717) is 0 Å². The zero-order valence-corrected chi connectivity index (χ0v) is 16.8. The summed E-state index contributed by atoms with van der Waals surface area (Å²) in [5.74, 6) is 0.189. The van der Waals surface area contributed by atoms with Crippen molar-refractivity contribution in [1.29, 1.82) is 0 Å². The highest BCUT2D eigenvalue weighted by atomic mass is 16.2. The molecule has 29 heavy (non-hydrogen) atoms. The molecule has 0 radical (unpaired) electrons. The normalized spacial score (nSPS) is 17.1. The van der Waals surface area contributed by atoms with Gasteiger partial charge >= 0.3 is 0 Å². The summed E-state index contributed by atoms with van der Waals surface area (Å²) in [5.41, 5.74) is 5.46. The summed E-state index contributed by atoms with van der Waals surface area (Å²) in [6.07, 6.45) is 5.49. The molecule has 2 aliphatic rings. The minimum absolute atomic E-state index is 0.189. The third-order valence-electron chi connectivity index (χ3n) is 6.32. The molecular weight excluding hydrogens is 358 g/mol. The molecule has 0 bridgehead atoms. The number of piperazine rings is 1. The van der Waals surface area contributed by atoms with E-state index in [4.69, 9.17) is 4.98 Å². The summed E-state index contributed by atoms with van der Waals surface area (Å²) in [7, 11) is 0. The summed E-state index contributed by atoms with van der Waals surface area (Å²) in [4.78, 5) is 23.1. The van der Waals surface area contributed by atoms with E-state index in [1.54, 1.807) is 0 Å². The van der Waals surface area contributed by atoms with Crippen molar-refractivity contribution in [2.45, 2.75) is 32.1 Å². The molecule has 2 heterocycles. The van der Waals surface area contributed by atoms with Crippen LogP contribution in [0.4, 0.5) is 5.69 Å². The number of anilines is 1. The van der Waals surface area contributed by atoms with Gasteiger partial charge in [-0.1, -0.05) is 42.8 Å². The van der Waals surface area contributed by atoms with Crippen LogP contribution in [-0.2, 0) is 12.8 Å². The first-order chi connectivity index (χ1) is 14.3. The molecule has 0 atom stereocenters. The molecule has 1 aliphatic heterocycles. The first kappa shape index (κ1) is 18.2. The van der Waals surface area contributed by atoms with Gasteiger partial charge in [0.05, 0.1) is 11.1 Å². The number of carbonyl (C=O) groups is 1. The molecule has 1 fully saturated rings. The van der Waals surface area contributed by atoms with Crippen LogP contribution < -0.4 is 4.90 Å². The van der Waals surface area contributed by atoms with E-state index < -0.39 is 0 Å². The second-order valence-electron chi connectivity index (χ2n) is 8.10. The molecule has 5 rings (SSSR count). The molecule has 0 spiro atoms. The second kappa shape index (κ2) is 7.86. The van der Waals surface area contributed by atoms with Crippen LogP contribution in [0.5, 0.6) is 0 Å². The summed E-state index contributed by atoms with van der Waals surface area (Å²) in [6, 6.07) is 18.6. The highest BCUT2D eigenvalue weighted by molar-refractivity contribution is 6.07. The number of aromatic nitrogens is 1. The molecule has 1 amide bonds. The Kier molecular flexibility index (Phi) is 4.92. The lowest BCUT2D eigenvalue weighted by atomic mass is 9.96. The summed E-state index contributed by atoms with van der Waals surface area (Å²) >= 11 is 0. The molecule has 3 aromatic rings. The number of amides is 1. The summed E-state index contributed by atoms with van der Waals surface area (Å²) in [5, 5.41) is 1.02. The monoisotopic (exact) mass is 385 g/mol. The van der Waals surface area contributed by atoms with Crippen molar-refractivity contribution in [1.82, 2.24) is 9.88 Å². The van der Waals surface area contributed by atoms with Gasteiger partial charge in [0.2, 0.25) is 0 Å². The first-order valence-corrected chi connectivity index (χ1v) is 10.8. The van der Waals surface area contributed by atoms with Crippen molar-refractivity contribution in [3.63, 3.8) is 0 Å². The molecule has 1 aliphatic carbocycles. The van der Waals surface area contributed by atoms with Crippen molar-refractivity contribution in [2.24, 2.45) is 0 Å². The third-order valence-corrected chi connectivity index (χ3v) is 6.32. The van der Waals surface area contributed by atoms with E-state index >= 15 is 0 Å². The quantitative estimate of drug-likeness (QED) is 0.611. The number of hydrogen-bond donors (Lipinski definition) is 0. The Balaban J connectivity index is 1.46. The van der Waals surface area contributed by atoms with Crippen molar-refractivity contribution in [3.05, 3.63) is 71.4 Å². The van der Waals surface area contributed by atoms with E-state index in [9.17, 15) is 4.79 Å². The van der Waals surface area contributed by atoms with Gasteiger partial charge in [0.15, 0.2) is 0 Å². The van der Waals surface area contributed by atoms with Crippen LogP contribution in [0.2, 0.25) is 0 Å². The van der Waals surface area contributed by atoms with E-state index in [2.05, 4.69) is 35.2 Å². The van der Waals surface area contributed by atoms with Gasteiger partial charge in [-0.2, -0.15) is 0 Å². The van der Waals surface area contributed by atoms with E-state index in [1.165, 1.54) is 24.1 Å². The van der Waals surface area contributed by atoms with Crippen LogP contribution in [0, 0.1) is 0 Å². The van der Waals surface area contributed by atoms with Crippen LogP contribution in [-0.4, -0.2) is 42.0 Å². The minimum atomic E-state index is 0.189. The third kappa shape index (κ3) is 3.48. The Morgan fingerprint density at radius 3 is 2.34 bits per heavy atom. The Labute approximate surface area is 172 Å². The van der Waals surface area contributed by atoms with Crippen LogP contribution in [0.15, 0.2) is 54.6 Å². The molecule has 148 valence electrons. The average molecular weight is 386 g/mol. The molecule has 0 unspecified atom stereocenters. The summed E-state index contributed by atoms with van der Waals surface area (Å²) in [6.45, 7) is 3.28. The second-order valence-corrected chi connectivity index (χ2v) is 8.10. The number of rotatable bonds is 2. The SMILES string of the molecule is O=C(c1c2c(nc3ccccc13)CCCCC2)N1CCN(c2ccccc2)CC1. The van der Waals surface area contributed by atoms with Gasteiger partial charge in [0, 0.05) is 42.9 Å². The molecule has 1 aromatic heterocycles. The van der Waals surface area contributed by atoms with E-state index in [1.807, 2.05) is 29.2 Å². The Morgan fingerprint density at radius 2 is 1.52 bits per heavy atom. The Bertz CT molecular complexity index is 1020. The topological polar surface area (TPSA) is 36.4 Å². The number of nitrogens with zero attached hydrogens (tertiary/aromatic N) is 3. The highest BCUT2D eigenvalue weighted by Gasteiger charge is 2.27. The average Bonchev–Trinajstić information content (AvgIpc) is 3.03. The van der Waals surface area contributed by atoms with Crippen molar-refractivity contribution in [2.75, 3.05) is 31.1 Å². The zero-order valence-electron chi connectivity index (χ0n) is 16.8. The van der Waals surface area contributed by atoms with Crippen molar-refractivity contribution < 1.29 is 4.79 Å². The van der Waals surface area contributed by atoms with Gasteiger partial charge in [-0.05, 0) is 49.4 Å². The summed E-state index contributed by atoms with van der Waals surface area (Å²) < 4.78 is 0. The van der Waals surface area contributed by atoms with Gasteiger partial charge in [-0.15, -0.1) is 0 Å². The molecular formula is C25H27N3O. The number of benzene rings is 2. The Morgan fingerprint density at radius 1 is 0.793 bits per heavy atom. The largest absolute Gasteiger partial charge is 0.368 e. The van der Waals surface area contributed by atoms with Gasteiger partial charge < -0.3 is 9.80 Å². The van der Waals surface area contributed by atoms with Gasteiger partial charge in [-0.25, -0.2) is 0 Å². The number of para-hydroxylation sites is 2. The van der Waals surface area contributed by atoms with Gasteiger partial charge in [-0.3, -0.25) is 9.78 Å². The number of aryl methyl sites for hydroxylation is 1. The molecule has 1 saturated heterocycles. The lowest BCUT2D eigenvalue weighted by Gasteiger charge is -2.36. The molecule has 4 heteroatoms. The maximum atomic E-state index is 13.7. The van der Waals surface area contributed by atoms with Crippen LogP contribution in [0.1, 0.15) is 40.9 Å². The molecule has 0 saturated carbocycles. The van der Waals surface area contributed by atoms with Crippen LogP contribution in [0.25, 0.3) is 10.9 Å². The first-order valence-electron chi connectivity index (χ1n) is 10.8. The maximum Gasteiger partial charge on any atom is 0.255 e. The smallest absolute Gasteiger partial charge is 0.255 e. The van der Waals surface area contributed by atoms with Crippen LogP contribution in [0.3, 0.4) is 0 Å². The standard InChI is InChI=1S/C25H27N3O/c29-25(28-17-15-27(16-18-28)19-9-3-1-4-10-19)24-20-11-5-2-6-13-22(20)26-23-14-8-7-12-21(23)24/h1,3-4,7-10,12,14H,2,5-6,11,13,15-18H2. The van der Waals surface area contributed by atoms with Crippen molar-refractivity contribution in [3.8, 4) is 0 Å². The Hall–Kier alpha value is -2.88. The van der Waals surface area contributed by atoms with E-state index in [-0.39, 0.29) is 5.91 Å². The number of pyridine rings is 1. The zero-order chi connectivity index (χ0) is 19.6. The predicted octanol–water partition coefficient (Wildman–Crippen LogP) is 4.47. The highest BCUT2D eigenvalue weighted by Crippen LogP contribution is 2.30. The van der Waals surface area contributed by atoms with Gasteiger partial charge in [0.1, 0.15) is 0 Å². The van der Waals surface area contributed by atoms with Crippen molar-refractivity contribution >= 4 is 22.5 Å². The number of carbonyl (C=O) groups excluding carboxylic acids is 1. The molecule has 0 N–H and O–H groups in total. The predicted molar refractivity (Wildman–Crippen MR) is 118 cm³/mol. The fourth-order valence-electron chi connectivity index (χ4n) is 4.76. The number of hydrogen-bond acceptors (Lipinski definition) is 3. The minimum Gasteiger partial charge on any atom is -0.368 e. The maximum absolute atomic E-state index is 13.7. The van der Waals surface area contributed by atoms with Gasteiger partial charge in [0.25, 0.3) is 5.91 Å². The lowest BCUT2D eigenvalue weighted by molar-refractivity contribution is 0.0747. The fraction of sp³-hybridized carbons (Fsp3) is 0.360.